The van der Waals surface area contributed by atoms with Crippen LogP contribution in [0.4, 0.5) is 5.82 Å². The molecule has 96 valence electrons. The Morgan fingerprint density at radius 1 is 1.28 bits per heavy atom. The van der Waals surface area contributed by atoms with E-state index in [1.165, 1.54) is 0 Å². The van der Waals surface area contributed by atoms with Gasteiger partial charge in [0.15, 0.2) is 0 Å². The first kappa shape index (κ1) is 13.0. The molecule has 0 aliphatic carbocycles. The number of halogens is 1. The van der Waals surface area contributed by atoms with Crippen LogP contribution in [-0.4, -0.2) is 15.0 Å². The lowest BCUT2D eigenvalue weighted by Gasteiger charge is -2.05. The maximum absolute atomic E-state index is 5.51. The fourth-order valence-electron chi connectivity index (χ4n) is 1.47. The second-order valence-electron chi connectivity index (χ2n) is 3.77. The molecule has 18 heavy (non-hydrogen) atoms. The van der Waals surface area contributed by atoms with Gasteiger partial charge >= 0.3 is 0 Å². The van der Waals surface area contributed by atoms with Crippen LogP contribution in [-0.2, 0) is 19.4 Å². The van der Waals surface area contributed by atoms with Crippen molar-refractivity contribution in [1.29, 1.82) is 0 Å². The molecule has 0 saturated carbocycles. The molecule has 0 bridgehead atoms. The lowest BCUT2D eigenvalue weighted by Crippen LogP contribution is -2.04. The average molecular weight is 311 g/mol. The van der Waals surface area contributed by atoms with Gasteiger partial charge in [0.1, 0.15) is 22.0 Å². The second kappa shape index (κ2) is 5.95. The number of oxazole rings is 1. The molecule has 0 aliphatic heterocycles. The first-order valence-corrected chi connectivity index (χ1v) is 6.71. The van der Waals surface area contributed by atoms with E-state index in [-0.39, 0.29) is 0 Å². The number of hydrogen-bond donors (Lipinski definition) is 1. The summed E-state index contributed by atoms with van der Waals surface area (Å²) in [6.45, 7) is 4.58. The van der Waals surface area contributed by atoms with E-state index in [0.717, 1.165) is 34.8 Å². The highest BCUT2D eigenvalue weighted by Crippen LogP contribution is 2.14. The van der Waals surface area contributed by atoms with Crippen LogP contribution in [0.5, 0.6) is 0 Å². The van der Waals surface area contributed by atoms with Crippen molar-refractivity contribution < 1.29 is 4.42 Å². The highest BCUT2D eigenvalue weighted by Gasteiger charge is 2.04. The van der Waals surface area contributed by atoms with Gasteiger partial charge in [-0.25, -0.2) is 15.0 Å². The summed E-state index contributed by atoms with van der Waals surface area (Å²) >= 11 is 3.37. The van der Waals surface area contributed by atoms with Crippen LogP contribution in [0.3, 0.4) is 0 Å². The van der Waals surface area contributed by atoms with Crippen LogP contribution in [0.15, 0.2) is 21.3 Å². The monoisotopic (exact) mass is 310 g/mol. The van der Waals surface area contributed by atoms with Gasteiger partial charge < -0.3 is 9.73 Å². The van der Waals surface area contributed by atoms with E-state index in [1.807, 2.05) is 19.9 Å². The molecule has 0 aliphatic rings. The molecule has 0 aromatic carbocycles. The molecule has 0 radical (unpaired) electrons. The summed E-state index contributed by atoms with van der Waals surface area (Å²) < 4.78 is 6.29. The number of hydrogen-bond acceptors (Lipinski definition) is 5. The van der Waals surface area contributed by atoms with Gasteiger partial charge in [-0.15, -0.1) is 0 Å². The van der Waals surface area contributed by atoms with Gasteiger partial charge in [-0.05, 0) is 15.9 Å². The van der Waals surface area contributed by atoms with E-state index in [9.17, 15) is 0 Å². The molecule has 0 atom stereocenters. The molecular weight excluding hydrogens is 296 g/mol. The van der Waals surface area contributed by atoms with Crippen molar-refractivity contribution in [1.82, 2.24) is 15.0 Å². The zero-order chi connectivity index (χ0) is 13.0. The van der Waals surface area contributed by atoms with Crippen LogP contribution in [0.1, 0.15) is 31.3 Å². The summed E-state index contributed by atoms with van der Waals surface area (Å²) in [4.78, 5) is 12.8. The number of rotatable bonds is 5. The summed E-state index contributed by atoms with van der Waals surface area (Å²) in [5, 5.41) is 3.18. The molecule has 0 spiro atoms. The van der Waals surface area contributed by atoms with Crippen LogP contribution in [0.25, 0.3) is 0 Å². The molecule has 5 nitrogen and oxygen atoms in total. The number of nitrogens with zero attached hydrogens (tertiary/aromatic N) is 3. The van der Waals surface area contributed by atoms with Crippen LogP contribution in [0.2, 0.25) is 0 Å². The molecule has 2 rings (SSSR count). The minimum absolute atomic E-state index is 0.520. The Bertz CT molecular complexity index is 527. The molecule has 0 saturated heterocycles. The van der Waals surface area contributed by atoms with Gasteiger partial charge in [0.05, 0.1) is 12.7 Å². The van der Waals surface area contributed by atoms with Crippen molar-refractivity contribution in [2.24, 2.45) is 0 Å². The topological polar surface area (TPSA) is 63.8 Å². The van der Waals surface area contributed by atoms with Crippen molar-refractivity contribution in [3.8, 4) is 0 Å². The maximum atomic E-state index is 5.51. The Hall–Kier alpha value is -1.43. The van der Waals surface area contributed by atoms with Crippen LogP contribution in [0, 0.1) is 0 Å². The number of anilines is 1. The van der Waals surface area contributed by atoms with Crippen LogP contribution >= 0.6 is 15.9 Å². The zero-order valence-electron chi connectivity index (χ0n) is 10.4. The normalized spacial score (nSPS) is 10.6. The first-order chi connectivity index (χ1) is 8.71. The fourth-order valence-corrected chi connectivity index (χ4v) is 1.89. The van der Waals surface area contributed by atoms with Gasteiger partial charge in [-0.3, -0.25) is 0 Å². The van der Waals surface area contributed by atoms with Gasteiger partial charge in [0.2, 0.25) is 5.89 Å². The van der Waals surface area contributed by atoms with Crippen molar-refractivity contribution in [3.05, 3.63) is 34.3 Å². The summed E-state index contributed by atoms with van der Waals surface area (Å²) in [5.41, 5.74) is 0. The molecule has 0 unspecified atom stereocenters. The molecular formula is C12H15BrN4O. The molecule has 2 aromatic rings. The quantitative estimate of drug-likeness (QED) is 0.860. The molecule has 2 aromatic heterocycles. The highest BCUT2D eigenvalue weighted by molar-refractivity contribution is 9.10. The third kappa shape index (κ3) is 3.29. The Morgan fingerprint density at radius 2 is 2.11 bits per heavy atom. The van der Waals surface area contributed by atoms with E-state index >= 15 is 0 Å². The summed E-state index contributed by atoms with van der Waals surface area (Å²) in [6, 6.07) is 1.84. The minimum atomic E-state index is 0.520. The van der Waals surface area contributed by atoms with Gasteiger partial charge in [0.25, 0.3) is 0 Å². The lowest BCUT2D eigenvalue weighted by molar-refractivity contribution is 0.465. The van der Waals surface area contributed by atoms with Gasteiger partial charge in [0, 0.05) is 18.9 Å². The van der Waals surface area contributed by atoms with Crippen molar-refractivity contribution in [2.45, 2.75) is 33.2 Å². The Kier molecular flexibility index (Phi) is 4.30. The molecule has 1 N–H and O–H groups in total. The largest absolute Gasteiger partial charge is 0.444 e. The number of aryl methyl sites for hydroxylation is 2. The van der Waals surface area contributed by atoms with Crippen molar-refractivity contribution in [3.63, 3.8) is 0 Å². The van der Waals surface area contributed by atoms with Crippen molar-refractivity contribution >= 4 is 21.7 Å². The Morgan fingerprint density at radius 3 is 2.78 bits per heavy atom. The summed E-state index contributed by atoms with van der Waals surface area (Å²) in [7, 11) is 0. The summed E-state index contributed by atoms with van der Waals surface area (Å²) in [6.07, 6.45) is 3.41. The molecule has 2 heterocycles. The van der Waals surface area contributed by atoms with E-state index in [0.29, 0.717) is 12.4 Å². The van der Waals surface area contributed by atoms with Gasteiger partial charge in [-0.2, -0.15) is 0 Å². The van der Waals surface area contributed by atoms with E-state index in [2.05, 4.69) is 36.2 Å². The highest BCUT2D eigenvalue weighted by atomic mass is 79.9. The van der Waals surface area contributed by atoms with Crippen LogP contribution < -0.4 is 5.32 Å². The fraction of sp³-hybridized carbons (Fsp3) is 0.417. The third-order valence-corrected chi connectivity index (χ3v) is 2.83. The van der Waals surface area contributed by atoms with E-state index < -0.39 is 0 Å². The predicted molar refractivity (Wildman–Crippen MR) is 72.3 cm³/mol. The Labute approximate surface area is 114 Å². The first-order valence-electron chi connectivity index (χ1n) is 5.92. The van der Waals surface area contributed by atoms with Crippen molar-refractivity contribution in [2.75, 3.05) is 5.32 Å². The number of nitrogens with one attached hydrogen (secondary N) is 1. The van der Waals surface area contributed by atoms with E-state index in [1.54, 1.807) is 6.20 Å². The molecule has 0 fully saturated rings. The molecule has 0 amide bonds. The smallest absolute Gasteiger partial charge is 0.213 e. The molecule has 6 heteroatoms. The Balaban J connectivity index is 2.03. The zero-order valence-corrected chi connectivity index (χ0v) is 12.0. The average Bonchev–Trinajstić information content (AvgIpc) is 2.83. The maximum Gasteiger partial charge on any atom is 0.213 e. The van der Waals surface area contributed by atoms with E-state index in [4.69, 9.17) is 4.42 Å². The third-order valence-electron chi connectivity index (χ3n) is 2.43. The summed E-state index contributed by atoms with van der Waals surface area (Å²) in [5.74, 6) is 3.13. The SMILES string of the molecule is CCc1nc(Br)cc(NCc2ncc(CC)o2)n1. The van der Waals surface area contributed by atoms with Gasteiger partial charge in [-0.1, -0.05) is 13.8 Å². The standard InChI is InChI=1S/C12H15BrN4O/c1-3-8-6-15-12(18-8)7-14-11-5-9(13)16-10(4-2)17-11/h5-6H,3-4,7H2,1-2H3,(H,14,16,17). The lowest BCUT2D eigenvalue weighted by atomic mass is 10.4. The second-order valence-corrected chi connectivity index (χ2v) is 4.59. The minimum Gasteiger partial charge on any atom is -0.444 e. The number of aromatic nitrogens is 3. The predicted octanol–water partition coefficient (Wildman–Crippen LogP) is 2.96.